The van der Waals surface area contributed by atoms with E-state index in [-0.39, 0.29) is 6.10 Å². The molecule has 1 unspecified atom stereocenters. The molecule has 0 bridgehead atoms. The summed E-state index contributed by atoms with van der Waals surface area (Å²) in [7, 11) is 0. The van der Waals surface area contributed by atoms with Crippen molar-refractivity contribution < 1.29 is 9.53 Å². The third kappa shape index (κ3) is 3.09. The number of hydrogen-bond donors (Lipinski definition) is 1. The van der Waals surface area contributed by atoms with Crippen LogP contribution in [0.4, 0.5) is 5.69 Å². The third-order valence-electron chi connectivity index (χ3n) is 1.94. The molecule has 1 amide bonds. The van der Waals surface area contributed by atoms with Crippen molar-refractivity contribution >= 4 is 12.1 Å². The Morgan fingerprint density at radius 1 is 1.57 bits per heavy atom. The first-order valence-electron chi connectivity index (χ1n) is 4.66. The molecule has 0 heterocycles. The Kier molecular flexibility index (Phi) is 3.98. The molecule has 1 rings (SSSR count). The van der Waals surface area contributed by atoms with E-state index in [9.17, 15) is 4.79 Å². The van der Waals surface area contributed by atoms with Crippen LogP contribution in [0, 0.1) is 0 Å². The van der Waals surface area contributed by atoms with Crippen LogP contribution in [0.5, 0.6) is 5.75 Å². The predicted molar refractivity (Wildman–Crippen MR) is 56.1 cm³/mol. The molecule has 75 valence electrons. The molecule has 3 nitrogen and oxygen atoms in total. The maximum atomic E-state index is 10.1. The zero-order valence-corrected chi connectivity index (χ0v) is 8.41. The molecule has 0 aliphatic heterocycles. The molecule has 0 aromatic heterocycles. The van der Waals surface area contributed by atoms with Crippen LogP contribution in [0.15, 0.2) is 24.3 Å². The SMILES string of the molecule is CCC(C)Oc1cccc(N[C]=O)c1. The summed E-state index contributed by atoms with van der Waals surface area (Å²) < 4.78 is 5.58. The second-order valence-electron chi connectivity index (χ2n) is 3.09. The topological polar surface area (TPSA) is 38.3 Å². The van der Waals surface area contributed by atoms with Crippen molar-refractivity contribution in [3.05, 3.63) is 24.3 Å². The van der Waals surface area contributed by atoms with Crippen molar-refractivity contribution in [2.45, 2.75) is 26.4 Å². The van der Waals surface area contributed by atoms with Crippen molar-refractivity contribution in [1.82, 2.24) is 0 Å². The van der Waals surface area contributed by atoms with Gasteiger partial charge in [-0.2, -0.15) is 0 Å². The van der Waals surface area contributed by atoms with Crippen molar-refractivity contribution in [1.29, 1.82) is 0 Å². The Bertz CT molecular complexity index is 299. The minimum absolute atomic E-state index is 0.186. The smallest absolute Gasteiger partial charge is 0.314 e. The minimum atomic E-state index is 0.186. The molecule has 3 heteroatoms. The monoisotopic (exact) mass is 192 g/mol. The van der Waals surface area contributed by atoms with E-state index < -0.39 is 0 Å². The number of benzene rings is 1. The molecule has 1 aromatic carbocycles. The predicted octanol–water partition coefficient (Wildman–Crippen LogP) is 2.34. The number of ether oxygens (including phenoxy) is 1. The van der Waals surface area contributed by atoms with Gasteiger partial charge < -0.3 is 10.1 Å². The summed E-state index contributed by atoms with van der Waals surface area (Å²) in [5, 5.41) is 2.45. The lowest BCUT2D eigenvalue weighted by Gasteiger charge is -2.12. The number of nitrogens with one attached hydrogen (secondary N) is 1. The van der Waals surface area contributed by atoms with Crippen LogP contribution in [0.3, 0.4) is 0 Å². The Morgan fingerprint density at radius 2 is 2.36 bits per heavy atom. The third-order valence-corrected chi connectivity index (χ3v) is 1.94. The number of amides is 1. The number of hydrogen-bond acceptors (Lipinski definition) is 2. The van der Waals surface area contributed by atoms with Gasteiger partial charge in [-0.1, -0.05) is 13.0 Å². The minimum Gasteiger partial charge on any atom is -0.491 e. The van der Waals surface area contributed by atoms with E-state index in [1.165, 1.54) is 0 Å². The summed E-state index contributed by atoms with van der Waals surface area (Å²) in [6.45, 7) is 4.07. The molecule has 1 atom stereocenters. The standard InChI is InChI=1S/C11H14NO2/c1-3-9(2)14-11-6-4-5-10(7-11)12-8-13/h4-7,9H,3H2,1-2H3,(H,12,13). The Hall–Kier alpha value is -1.51. The van der Waals surface area contributed by atoms with Crippen molar-refractivity contribution in [3.63, 3.8) is 0 Å². The summed E-state index contributed by atoms with van der Waals surface area (Å²) in [5.41, 5.74) is 0.695. The molecule has 0 spiro atoms. The van der Waals surface area contributed by atoms with Crippen molar-refractivity contribution in [3.8, 4) is 5.75 Å². The van der Waals surface area contributed by atoms with Gasteiger partial charge in [0.1, 0.15) is 5.75 Å². The van der Waals surface area contributed by atoms with E-state index in [1.54, 1.807) is 18.5 Å². The lowest BCUT2D eigenvalue weighted by molar-refractivity contribution is 0.217. The second-order valence-corrected chi connectivity index (χ2v) is 3.09. The maximum Gasteiger partial charge on any atom is 0.314 e. The molecule has 1 aromatic rings. The summed E-state index contributed by atoms with van der Waals surface area (Å²) in [6, 6.07) is 7.25. The lowest BCUT2D eigenvalue weighted by atomic mass is 10.3. The zero-order chi connectivity index (χ0) is 10.4. The van der Waals surface area contributed by atoms with E-state index in [1.807, 2.05) is 19.1 Å². The van der Waals surface area contributed by atoms with Crippen molar-refractivity contribution in [2.75, 3.05) is 5.32 Å². The Morgan fingerprint density at radius 3 is 3.00 bits per heavy atom. The molecule has 14 heavy (non-hydrogen) atoms. The fraction of sp³-hybridized carbons (Fsp3) is 0.364. The van der Waals surface area contributed by atoms with Gasteiger partial charge in [0.05, 0.1) is 6.10 Å². The van der Waals surface area contributed by atoms with Gasteiger partial charge in [-0.15, -0.1) is 0 Å². The zero-order valence-electron chi connectivity index (χ0n) is 8.41. The van der Waals surface area contributed by atoms with Crippen LogP contribution in [0.25, 0.3) is 0 Å². The highest BCUT2D eigenvalue weighted by Gasteiger charge is 2.01. The largest absolute Gasteiger partial charge is 0.491 e. The van der Waals surface area contributed by atoms with Gasteiger partial charge in [0.2, 0.25) is 0 Å². The average molecular weight is 192 g/mol. The number of rotatable bonds is 5. The van der Waals surface area contributed by atoms with E-state index in [2.05, 4.69) is 12.2 Å². The molecule has 1 radical (unpaired) electrons. The average Bonchev–Trinajstić information content (AvgIpc) is 2.19. The Balaban J connectivity index is 2.67. The number of carbonyl (C=O) groups excluding carboxylic acids is 1. The maximum absolute atomic E-state index is 10.1. The highest BCUT2D eigenvalue weighted by atomic mass is 16.5. The van der Waals surface area contributed by atoms with E-state index in [0.29, 0.717) is 5.69 Å². The van der Waals surface area contributed by atoms with Crippen LogP contribution in [-0.2, 0) is 4.79 Å². The normalized spacial score (nSPS) is 11.9. The van der Waals surface area contributed by atoms with Crippen LogP contribution < -0.4 is 10.1 Å². The molecule has 0 saturated carbocycles. The van der Waals surface area contributed by atoms with Crippen LogP contribution in [0.2, 0.25) is 0 Å². The van der Waals surface area contributed by atoms with Crippen molar-refractivity contribution in [2.24, 2.45) is 0 Å². The van der Waals surface area contributed by atoms with E-state index in [0.717, 1.165) is 12.2 Å². The highest BCUT2D eigenvalue weighted by Crippen LogP contribution is 2.18. The van der Waals surface area contributed by atoms with Gasteiger partial charge in [-0.05, 0) is 25.5 Å². The van der Waals surface area contributed by atoms with Gasteiger partial charge >= 0.3 is 6.41 Å². The summed E-state index contributed by atoms with van der Waals surface area (Å²) in [4.78, 5) is 10.1. The first-order chi connectivity index (χ1) is 6.76. The van der Waals surface area contributed by atoms with Crippen LogP contribution in [0.1, 0.15) is 20.3 Å². The molecule has 0 saturated heterocycles. The first-order valence-corrected chi connectivity index (χ1v) is 4.66. The summed E-state index contributed by atoms with van der Waals surface area (Å²) in [6.07, 6.45) is 2.76. The van der Waals surface area contributed by atoms with Gasteiger partial charge in [0.15, 0.2) is 0 Å². The first kappa shape index (κ1) is 10.6. The van der Waals surface area contributed by atoms with Crippen LogP contribution in [-0.4, -0.2) is 12.5 Å². The van der Waals surface area contributed by atoms with Gasteiger partial charge in [0, 0.05) is 11.8 Å². The summed E-state index contributed by atoms with van der Waals surface area (Å²) >= 11 is 0. The second kappa shape index (κ2) is 5.27. The van der Waals surface area contributed by atoms with E-state index in [4.69, 9.17) is 4.74 Å². The lowest BCUT2D eigenvalue weighted by Crippen LogP contribution is -2.09. The quantitative estimate of drug-likeness (QED) is 0.727. The van der Waals surface area contributed by atoms with E-state index >= 15 is 0 Å². The molecular formula is C11H14NO2. The van der Waals surface area contributed by atoms with Crippen LogP contribution >= 0.6 is 0 Å². The molecule has 0 aliphatic carbocycles. The molecule has 0 fully saturated rings. The molecule has 1 N–H and O–H groups in total. The Labute approximate surface area is 84.1 Å². The summed E-state index contributed by atoms with van der Waals surface area (Å²) in [5.74, 6) is 0.764. The highest BCUT2D eigenvalue weighted by molar-refractivity contribution is 5.72. The number of anilines is 1. The van der Waals surface area contributed by atoms with Gasteiger partial charge in [-0.3, -0.25) is 4.79 Å². The fourth-order valence-electron chi connectivity index (χ4n) is 1.02. The fourth-order valence-corrected chi connectivity index (χ4v) is 1.02. The molecule has 0 aliphatic rings. The van der Waals surface area contributed by atoms with Gasteiger partial charge in [0.25, 0.3) is 0 Å². The molecular weight excluding hydrogens is 178 g/mol. The van der Waals surface area contributed by atoms with Gasteiger partial charge in [-0.25, -0.2) is 0 Å².